The minimum Gasteiger partial charge on any atom is -0.324 e. The van der Waals surface area contributed by atoms with Crippen LogP contribution in [0.5, 0.6) is 0 Å². The Balaban J connectivity index is 1.57. The summed E-state index contributed by atoms with van der Waals surface area (Å²) in [6, 6.07) is 25.6. The van der Waals surface area contributed by atoms with E-state index in [9.17, 15) is 14.4 Å². The molecule has 3 aromatic carbocycles. The molecule has 1 N–H and O–H groups in total. The Labute approximate surface area is 185 Å². The van der Waals surface area contributed by atoms with Crippen molar-refractivity contribution in [2.45, 2.75) is 12.6 Å². The number of carbonyl (C=O) groups is 3. The van der Waals surface area contributed by atoms with Gasteiger partial charge < -0.3 is 10.2 Å². The number of urea groups is 1. The molecule has 7 nitrogen and oxygen atoms in total. The number of nitrogens with one attached hydrogen (secondary N) is 1. The van der Waals surface area contributed by atoms with Crippen molar-refractivity contribution in [3.8, 4) is 6.07 Å². The van der Waals surface area contributed by atoms with Crippen LogP contribution in [-0.2, 0) is 16.1 Å². The molecule has 1 saturated heterocycles. The molecular formula is C25H20N4O3. The van der Waals surface area contributed by atoms with Crippen molar-refractivity contribution >= 4 is 23.5 Å². The molecule has 1 fully saturated rings. The third kappa shape index (κ3) is 4.35. The normalized spacial score (nSPS) is 15.5. The Hall–Kier alpha value is -4.44. The van der Waals surface area contributed by atoms with Crippen molar-refractivity contribution in [3.63, 3.8) is 0 Å². The zero-order valence-corrected chi connectivity index (χ0v) is 17.1. The molecule has 0 spiro atoms. The molecule has 1 unspecified atom stereocenters. The van der Waals surface area contributed by atoms with E-state index in [1.807, 2.05) is 54.6 Å². The second kappa shape index (κ2) is 9.14. The number of hydrogen-bond donors (Lipinski definition) is 1. The molecule has 0 aromatic heterocycles. The summed E-state index contributed by atoms with van der Waals surface area (Å²) in [6.07, 6.45) is 0. The third-order valence-electron chi connectivity index (χ3n) is 5.18. The summed E-state index contributed by atoms with van der Waals surface area (Å²) in [6.45, 7) is -0.170. The molecule has 1 aliphatic heterocycles. The van der Waals surface area contributed by atoms with Crippen LogP contribution in [0.4, 0.5) is 10.5 Å². The van der Waals surface area contributed by atoms with Gasteiger partial charge in [0.05, 0.1) is 11.6 Å². The van der Waals surface area contributed by atoms with E-state index in [0.717, 1.165) is 10.5 Å². The highest BCUT2D eigenvalue weighted by Gasteiger charge is 2.46. The molecule has 7 heteroatoms. The molecule has 1 atom stereocenters. The largest absolute Gasteiger partial charge is 0.328 e. The van der Waals surface area contributed by atoms with E-state index in [1.165, 1.54) is 11.0 Å². The Bertz CT molecular complexity index is 1190. The standard InChI is InChI=1S/C25H20N4O3/c26-15-19-10-7-13-21(14-19)27-22(30)17-29-24(31)23(20-11-5-2-6-12-20)28(25(29)32)16-18-8-3-1-4-9-18/h1-14,23H,16-17H2,(H,27,30). The number of nitriles is 1. The summed E-state index contributed by atoms with van der Waals surface area (Å²) >= 11 is 0. The summed E-state index contributed by atoms with van der Waals surface area (Å²) in [5.41, 5.74) is 2.39. The first-order chi connectivity index (χ1) is 15.6. The maximum absolute atomic E-state index is 13.2. The van der Waals surface area contributed by atoms with Gasteiger partial charge >= 0.3 is 6.03 Å². The van der Waals surface area contributed by atoms with Crippen molar-refractivity contribution in [2.75, 3.05) is 11.9 Å². The van der Waals surface area contributed by atoms with Gasteiger partial charge in [-0.15, -0.1) is 0 Å². The number of nitrogens with zero attached hydrogens (tertiary/aromatic N) is 3. The molecule has 4 rings (SSSR count). The van der Waals surface area contributed by atoms with Crippen LogP contribution in [0.2, 0.25) is 0 Å². The summed E-state index contributed by atoms with van der Waals surface area (Å²) in [4.78, 5) is 41.5. The van der Waals surface area contributed by atoms with Gasteiger partial charge in [0.1, 0.15) is 12.6 Å². The number of hydrogen-bond acceptors (Lipinski definition) is 4. The Morgan fingerprint density at radius 1 is 0.938 bits per heavy atom. The predicted octanol–water partition coefficient (Wildman–Crippen LogP) is 3.70. The molecule has 0 saturated carbocycles. The summed E-state index contributed by atoms with van der Waals surface area (Å²) in [5.74, 6) is -0.965. The van der Waals surface area contributed by atoms with Gasteiger partial charge in [0.25, 0.3) is 5.91 Å². The SMILES string of the molecule is N#Cc1cccc(NC(=O)CN2C(=O)C(c3ccccc3)N(Cc3ccccc3)C2=O)c1. The second-order valence-corrected chi connectivity index (χ2v) is 7.37. The average molecular weight is 424 g/mol. The monoisotopic (exact) mass is 424 g/mol. The quantitative estimate of drug-likeness (QED) is 0.611. The lowest BCUT2D eigenvalue weighted by molar-refractivity contribution is -0.131. The van der Waals surface area contributed by atoms with E-state index in [-0.39, 0.29) is 6.54 Å². The third-order valence-corrected chi connectivity index (χ3v) is 5.18. The topological polar surface area (TPSA) is 93.5 Å². The zero-order valence-electron chi connectivity index (χ0n) is 17.1. The highest BCUT2D eigenvalue weighted by molar-refractivity contribution is 6.08. The van der Waals surface area contributed by atoms with Crippen molar-refractivity contribution < 1.29 is 14.4 Å². The number of imide groups is 1. The van der Waals surface area contributed by atoms with Crippen LogP contribution in [0.1, 0.15) is 22.7 Å². The highest BCUT2D eigenvalue weighted by atomic mass is 16.2. The first-order valence-electron chi connectivity index (χ1n) is 10.1. The zero-order chi connectivity index (χ0) is 22.5. The van der Waals surface area contributed by atoms with Crippen LogP contribution < -0.4 is 5.32 Å². The molecule has 158 valence electrons. The van der Waals surface area contributed by atoms with Gasteiger partial charge in [-0.1, -0.05) is 66.7 Å². The first kappa shape index (κ1) is 20.8. The van der Waals surface area contributed by atoms with Gasteiger partial charge in [0.2, 0.25) is 5.91 Å². The number of amides is 4. The van der Waals surface area contributed by atoms with E-state index in [0.29, 0.717) is 16.8 Å². The van der Waals surface area contributed by atoms with E-state index in [1.54, 1.807) is 30.3 Å². The fraction of sp³-hybridized carbons (Fsp3) is 0.120. The molecule has 0 bridgehead atoms. The number of anilines is 1. The molecule has 3 aromatic rings. The molecule has 32 heavy (non-hydrogen) atoms. The van der Waals surface area contributed by atoms with E-state index >= 15 is 0 Å². The van der Waals surface area contributed by atoms with Gasteiger partial charge in [-0.2, -0.15) is 5.26 Å². The predicted molar refractivity (Wildman–Crippen MR) is 118 cm³/mol. The number of carbonyl (C=O) groups excluding carboxylic acids is 3. The molecular weight excluding hydrogens is 404 g/mol. The number of rotatable bonds is 6. The van der Waals surface area contributed by atoms with Gasteiger partial charge in [-0.05, 0) is 29.3 Å². The van der Waals surface area contributed by atoms with E-state index in [2.05, 4.69) is 5.32 Å². The highest BCUT2D eigenvalue weighted by Crippen LogP contribution is 2.32. The minimum atomic E-state index is -0.807. The van der Waals surface area contributed by atoms with Gasteiger partial charge in [-0.25, -0.2) is 4.79 Å². The average Bonchev–Trinajstić information content (AvgIpc) is 3.04. The minimum absolute atomic E-state index is 0.243. The Kier molecular flexibility index (Phi) is 5.95. The van der Waals surface area contributed by atoms with Crippen LogP contribution in [0.15, 0.2) is 84.9 Å². The van der Waals surface area contributed by atoms with Gasteiger partial charge in [-0.3, -0.25) is 14.5 Å². The van der Waals surface area contributed by atoms with Crippen LogP contribution in [0.25, 0.3) is 0 Å². The lowest BCUT2D eigenvalue weighted by Gasteiger charge is -2.22. The number of benzene rings is 3. The summed E-state index contributed by atoms with van der Waals surface area (Å²) < 4.78 is 0. The van der Waals surface area contributed by atoms with Gasteiger partial charge in [0.15, 0.2) is 0 Å². The van der Waals surface area contributed by atoms with Crippen LogP contribution >= 0.6 is 0 Å². The van der Waals surface area contributed by atoms with Crippen molar-refractivity contribution in [1.29, 1.82) is 5.26 Å². The van der Waals surface area contributed by atoms with Crippen molar-refractivity contribution in [3.05, 3.63) is 102 Å². The lowest BCUT2D eigenvalue weighted by atomic mass is 10.1. The first-order valence-corrected chi connectivity index (χ1v) is 10.1. The lowest BCUT2D eigenvalue weighted by Crippen LogP contribution is -2.38. The van der Waals surface area contributed by atoms with Crippen molar-refractivity contribution in [1.82, 2.24) is 9.80 Å². The Morgan fingerprint density at radius 2 is 1.62 bits per heavy atom. The second-order valence-electron chi connectivity index (χ2n) is 7.37. The molecule has 1 aliphatic rings. The fourth-order valence-corrected chi connectivity index (χ4v) is 3.69. The van der Waals surface area contributed by atoms with Crippen LogP contribution in [0.3, 0.4) is 0 Å². The van der Waals surface area contributed by atoms with Crippen LogP contribution in [0, 0.1) is 11.3 Å². The summed E-state index contributed by atoms with van der Waals surface area (Å²) in [7, 11) is 0. The van der Waals surface area contributed by atoms with Gasteiger partial charge in [0, 0.05) is 12.2 Å². The van der Waals surface area contributed by atoms with E-state index < -0.39 is 30.4 Å². The maximum Gasteiger partial charge on any atom is 0.328 e. The Morgan fingerprint density at radius 3 is 2.31 bits per heavy atom. The fourth-order valence-electron chi connectivity index (χ4n) is 3.69. The maximum atomic E-state index is 13.2. The molecule has 0 radical (unpaired) electrons. The summed E-state index contributed by atoms with van der Waals surface area (Å²) in [5, 5.41) is 11.7. The smallest absolute Gasteiger partial charge is 0.324 e. The molecule has 0 aliphatic carbocycles. The van der Waals surface area contributed by atoms with Crippen molar-refractivity contribution in [2.24, 2.45) is 0 Å². The van der Waals surface area contributed by atoms with E-state index in [4.69, 9.17) is 5.26 Å². The molecule has 1 heterocycles. The molecule has 4 amide bonds. The van der Waals surface area contributed by atoms with Crippen LogP contribution in [-0.4, -0.2) is 34.2 Å².